The highest BCUT2D eigenvalue weighted by Gasteiger charge is 2.15. The molecule has 0 aliphatic heterocycles. The summed E-state index contributed by atoms with van der Waals surface area (Å²) < 4.78 is 13.7. The van der Waals surface area contributed by atoms with Gasteiger partial charge in [-0.25, -0.2) is 14.2 Å². The molecule has 17 heavy (non-hydrogen) atoms. The van der Waals surface area contributed by atoms with Gasteiger partial charge in [0.25, 0.3) is 0 Å². The smallest absolute Gasteiger partial charge is 0.356 e. The summed E-state index contributed by atoms with van der Waals surface area (Å²) in [6, 6.07) is 6.21. The third-order valence-electron chi connectivity index (χ3n) is 2.70. The Hall–Kier alpha value is -2.43. The van der Waals surface area contributed by atoms with Crippen molar-refractivity contribution >= 4 is 27.8 Å². The molecule has 0 bridgehead atoms. The largest absolute Gasteiger partial charge is 0.476 e. The van der Waals surface area contributed by atoms with Crippen LogP contribution in [0.15, 0.2) is 30.5 Å². The molecule has 3 rings (SSSR count). The van der Waals surface area contributed by atoms with Crippen LogP contribution < -0.4 is 0 Å². The van der Waals surface area contributed by atoms with E-state index in [1.54, 1.807) is 18.2 Å². The molecular weight excluding hydrogens is 223 g/mol. The van der Waals surface area contributed by atoms with Crippen LogP contribution in [-0.2, 0) is 0 Å². The number of aromatic nitrogens is 2. The van der Waals surface area contributed by atoms with Gasteiger partial charge in [-0.05, 0) is 18.2 Å². The maximum Gasteiger partial charge on any atom is 0.356 e. The molecule has 2 aromatic heterocycles. The van der Waals surface area contributed by atoms with Gasteiger partial charge in [-0.1, -0.05) is 6.07 Å². The number of fused-ring (bicyclic) bond motifs is 3. The molecule has 0 radical (unpaired) electrons. The van der Waals surface area contributed by atoms with Crippen LogP contribution in [0.2, 0.25) is 0 Å². The summed E-state index contributed by atoms with van der Waals surface area (Å²) in [7, 11) is 0. The number of hydrogen-bond acceptors (Lipinski definition) is 2. The first-order valence-electron chi connectivity index (χ1n) is 4.96. The maximum atomic E-state index is 13.7. The number of nitrogens with zero attached hydrogens (tertiary/aromatic N) is 1. The molecule has 0 unspecified atom stereocenters. The van der Waals surface area contributed by atoms with Gasteiger partial charge in [-0.3, -0.25) is 0 Å². The van der Waals surface area contributed by atoms with Gasteiger partial charge < -0.3 is 10.1 Å². The van der Waals surface area contributed by atoms with Crippen molar-refractivity contribution in [3.8, 4) is 0 Å². The molecule has 1 aromatic carbocycles. The number of carboxylic acids is 1. The number of aromatic amines is 1. The second kappa shape index (κ2) is 3.28. The number of H-pyrrole nitrogens is 1. The zero-order valence-electron chi connectivity index (χ0n) is 8.57. The molecule has 0 fully saturated rings. The predicted octanol–water partition coefficient (Wildman–Crippen LogP) is 2.55. The Labute approximate surface area is 94.7 Å². The summed E-state index contributed by atoms with van der Waals surface area (Å²) >= 11 is 0. The molecule has 0 atom stereocenters. The molecule has 2 heterocycles. The standard InChI is InChI=1S/C12H7FN2O2/c13-7-2-1-3-8-9(7)6-4-5-14-11(12(16)17)10(6)15-8/h1-5,15H,(H,16,17). The lowest BCUT2D eigenvalue weighted by Crippen LogP contribution is -2.00. The Morgan fingerprint density at radius 2 is 2.18 bits per heavy atom. The van der Waals surface area contributed by atoms with E-state index >= 15 is 0 Å². The van der Waals surface area contributed by atoms with E-state index in [-0.39, 0.29) is 11.5 Å². The molecule has 84 valence electrons. The Morgan fingerprint density at radius 1 is 1.35 bits per heavy atom. The maximum absolute atomic E-state index is 13.7. The van der Waals surface area contributed by atoms with Crippen LogP contribution in [0.5, 0.6) is 0 Å². The third-order valence-corrected chi connectivity index (χ3v) is 2.70. The van der Waals surface area contributed by atoms with Crippen LogP contribution in [-0.4, -0.2) is 21.0 Å². The lowest BCUT2D eigenvalue weighted by molar-refractivity contribution is 0.0692. The van der Waals surface area contributed by atoms with Gasteiger partial charge in [0.15, 0.2) is 5.69 Å². The van der Waals surface area contributed by atoms with E-state index in [1.165, 1.54) is 12.3 Å². The van der Waals surface area contributed by atoms with Gasteiger partial charge in [0.05, 0.1) is 5.52 Å². The Morgan fingerprint density at radius 3 is 2.94 bits per heavy atom. The van der Waals surface area contributed by atoms with E-state index in [0.29, 0.717) is 21.8 Å². The molecular formula is C12H7FN2O2. The quantitative estimate of drug-likeness (QED) is 0.675. The zero-order valence-corrected chi connectivity index (χ0v) is 8.57. The van der Waals surface area contributed by atoms with Crippen molar-refractivity contribution < 1.29 is 14.3 Å². The summed E-state index contributed by atoms with van der Waals surface area (Å²) in [5.41, 5.74) is 0.814. The summed E-state index contributed by atoms with van der Waals surface area (Å²) in [5.74, 6) is -1.51. The number of aromatic carboxylic acids is 1. The highest BCUT2D eigenvalue weighted by Crippen LogP contribution is 2.28. The van der Waals surface area contributed by atoms with Crippen molar-refractivity contribution in [1.82, 2.24) is 9.97 Å². The van der Waals surface area contributed by atoms with E-state index in [0.717, 1.165) is 0 Å². The lowest BCUT2D eigenvalue weighted by Gasteiger charge is -1.95. The van der Waals surface area contributed by atoms with Crippen LogP contribution in [0, 0.1) is 5.82 Å². The number of halogens is 1. The second-order valence-corrected chi connectivity index (χ2v) is 3.67. The van der Waals surface area contributed by atoms with Gasteiger partial charge in [-0.2, -0.15) is 0 Å². The van der Waals surface area contributed by atoms with Crippen molar-refractivity contribution in [3.63, 3.8) is 0 Å². The minimum atomic E-state index is -1.14. The highest BCUT2D eigenvalue weighted by molar-refractivity contribution is 6.12. The van der Waals surface area contributed by atoms with Crippen LogP contribution in [0.4, 0.5) is 4.39 Å². The fraction of sp³-hybridized carbons (Fsp3) is 0. The highest BCUT2D eigenvalue weighted by atomic mass is 19.1. The molecule has 2 N–H and O–H groups in total. The lowest BCUT2D eigenvalue weighted by atomic mass is 10.1. The number of carbonyl (C=O) groups is 1. The second-order valence-electron chi connectivity index (χ2n) is 3.67. The molecule has 0 amide bonds. The van der Waals surface area contributed by atoms with Crippen LogP contribution in [0.1, 0.15) is 10.5 Å². The molecule has 0 saturated carbocycles. The van der Waals surface area contributed by atoms with Crippen molar-refractivity contribution in [2.75, 3.05) is 0 Å². The van der Waals surface area contributed by atoms with E-state index in [1.807, 2.05) is 0 Å². The SMILES string of the molecule is O=C(O)c1nccc2c1[nH]c1cccc(F)c12. The first kappa shape index (κ1) is 9.77. The van der Waals surface area contributed by atoms with E-state index in [9.17, 15) is 9.18 Å². The molecule has 0 aliphatic rings. The predicted molar refractivity (Wildman–Crippen MR) is 60.5 cm³/mol. The van der Waals surface area contributed by atoms with Crippen LogP contribution >= 0.6 is 0 Å². The van der Waals surface area contributed by atoms with Gasteiger partial charge in [0.1, 0.15) is 5.82 Å². The van der Waals surface area contributed by atoms with Gasteiger partial charge >= 0.3 is 5.97 Å². The first-order chi connectivity index (χ1) is 8.18. The summed E-state index contributed by atoms with van der Waals surface area (Å²) in [4.78, 5) is 17.7. The summed E-state index contributed by atoms with van der Waals surface area (Å²) in [6.07, 6.45) is 1.37. The molecule has 3 aromatic rings. The van der Waals surface area contributed by atoms with E-state index in [4.69, 9.17) is 5.11 Å². The topological polar surface area (TPSA) is 66.0 Å². The fourth-order valence-electron chi connectivity index (χ4n) is 2.00. The Balaban J connectivity index is 2.56. The van der Waals surface area contributed by atoms with Crippen LogP contribution in [0.25, 0.3) is 21.8 Å². The minimum absolute atomic E-state index is 0.0990. The average molecular weight is 230 g/mol. The number of nitrogens with one attached hydrogen (secondary N) is 1. The average Bonchev–Trinajstić information content (AvgIpc) is 2.67. The Bertz CT molecular complexity index is 749. The monoisotopic (exact) mass is 230 g/mol. The fourth-order valence-corrected chi connectivity index (χ4v) is 2.00. The van der Waals surface area contributed by atoms with Crippen molar-refractivity contribution in [3.05, 3.63) is 42.0 Å². The normalized spacial score (nSPS) is 11.1. The van der Waals surface area contributed by atoms with E-state index in [2.05, 4.69) is 9.97 Å². The van der Waals surface area contributed by atoms with E-state index < -0.39 is 5.97 Å². The minimum Gasteiger partial charge on any atom is -0.476 e. The number of hydrogen-bond donors (Lipinski definition) is 2. The molecule has 5 heteroatoms. The molecule has 0 saturated heterocycles. The van der Waals surface area contributed by atoms with Crippen LogP contribution in [0.3, 0.4) is 0 Å². The number of pyridine rings is 1. The van der Waals surface area contributed by atoms with Crippen molar-refractivity contribution in [2.45, 2.75) is 0 Å². The van der Waals surface area contributed by atoms with Crippen molar-refractivity contribution in [1.29, 1.82) is 0 Å². The van der Waals surface area contributed by atoms with Gasteiger partial charge in [0.2, 0.25) is 0 Å². The number of benzene rings is 1. The zero-order chi connectivity index (χ0) is 12.0. The molecule has 0 spiro atoms. The summed E-state index contributed by atoms with van der Waals surface area (Å²) in [5, 5.41) is 9.93. The van der Waals surface area contributed by atoms with Crippen molar-refractivity contribution in [2.24, 2.45) is 0 Å². The third kappa shape index (κ3) is 1.29. The Kier molecular flexibility index (Phi) is 1.89. The van der Waals surface area contributed by atoms with Gasteiger partial charge in [-0.15, -0.1) is 0 Å². The van der Waals surface area contributed by atoms with Gasteiger partial charge in [0, 0.05) is 22.5 Å². The number of rotatable bonds is 1. The molecule has 0 aliphatic carbocycles. The summed E-state index contributed by atoms with van der Waals surface area (Å²) in [6.45, 7) is 0. The molecule has 4 nitrogen and oxygen atoms in total. The number of carboxylic acid groups (broad SMARTS) is 1. The first-order valence-corrected chi connectivity index (χ1v) is 4.96.